The first kappa shape index (κ1) is 21.2. The van der Waals surface area contributed by atoms with E-state index in [0.717, 1.165) is 8.66 Å². The van der Waals surface area contributed by atoms with Crippen molar-refractivity contribution >= 4 is 39.1 Å². The Labute approximate surface area is 171 Å². The van der Waals surface area contributed by atoms with Crippen molar-refractivity contribution in [3.8, 4) is 11.5 Å². The van der Waals surface area contributed by atoms with Gasteiger partial charge in [0.1, 0.15) is 0 Å². The Morgan fingerprint density at radius 3 is 2.56 bits per heavy atom. The molecule has 2 amide bonds. The molecule has 0 saturated carbocycles. The lowest BCUT2D eigenvalue weighted by atomic mass is 10.1. The molecule has 0 atom stereocenters. The van der Waals surface area contributed by atoms with Gasteiger partial charge in [0.15, 0.2) is 18.1 Å². The lowest BCUT2D eigenvalue weighted by molar-refractivity contribution is -0.123. The average molecular weight is 455 g/mol. The molecule has 0 saturated heterocycles. The van der Waals surface area contributed by atoms with E-state index in [1.807, 2.05) is 26.0 Å². The Balaban J connectivity index is 2.05. The van der Waals surface area contributed by atoms with Gasteiger partial charge in [0, 0.05) is 23.5 Å². The van der Waals surface area contributed by atoms with E-state index >= 15 is 0 Å². The third-order valence-corrected chi connectivity index (χ3v) is 5.20. The minimum absolute atomic E-state index is 0.0440. The number of hydrogen-bond donors (Lipinski definition) is 1. The molecule has 0 bridgehead atoms. The van der Waals surface area contributed by atoms with Crippen LogP contribution in [0.2, 0.25) is 0 Å². The number of methoxy groups -OCH3 is 1. The maximum atomic E-state index is 12.7. The second-order valence-electron chi connectivity index (χ2n) is 6.24. The maximum Gasteiger partial charge on any atom is 0.258 e. The summed E-state index contributed by atoms with van der Waals surface area (Å²) in [4.78, 5) is 27.1. The number of thiophene rings is 1. The zero-order chi connectivity index (χ0) is 20.0. The number of benzene rings is 1. The first-order valence-electron chi connectivity index (χ1n) is 8.40. The Hall–Kier alpha value is -2.06. The van der Waals surface area contributed by atoms with E-state index in [1.165, 1.54) is 7.11 Å². The Kier molecular flexibility index (Phi) is 7.67. The van der Waals surface area contributed by atoms with Crippen molar-refractivity contribution in [1.82, 2.24) is 10.2 Å². The number of hydrogen-bond acceptors (Lipinski definition) is 5. The van der Waals surface area contributed by atoms with E-state index < -0.39 is 0 Å². The van der Waals surface area contributed by atoms with Gasteiger partial charge in [0.25, 0.3) is 11.8 Å². The summed E-state index contributed by atoms with van der Waals surface area (Å²) in [5, 5.41) is 2.75. The second kappa shape index (κ2) is 9.75. The molecular weight excluding hydrogens is 432 g/mol. The van der Waals surface area contributed by atoms with Gasteiger partial charge in [-0.05, 0) is 60.1 Å². The van der Waals surface area contributed by atoms with E-state index in [4.69, 9.17) is 9.47 Å². The number of nitrogens with one attached hydrogen (secondary N) is 1. The van der Waals surface area contributed by atoms with E-state index in [2.05, 4.69) is 21.2 Å². The van der Waals surface area contributed by atoms with Crippen molar-refractivity contribution in [2.45, 2.75) is 26.4 Å². The van der Waals surface area contributed by atoms with Crippen molar-refractivity contribution in [3.05, 3.63) is 44.6 Å². The standard InChI is InChI=1S/C19H23BrN2O4S/c1-12(2)21-18(23)11-26-15-7-5-13(9-16(15)25-4)19(24)22(3)10-14-6-8-17(20)27-14/h5-9,12H,10-11H2,1-4H3,(H,21,23). The van der Waals surface area contributed by atoms with Gasteiger partial charge in [-0.3, -0.25) is 9.59 Å². The molecular formula is C19H23BrN2O4S. The van der Waals surface area contributed by atoms with Crippen LogP contribution in [0.3, 0.4) is 0 Å². The first-order chi connectivity index (χ1) is 12.8. The van der Waals surface area contributed by atoms with Crippen molar-refractivity contribution < 1.29 is 19.1 Å². The third-order valence-electron chi connectivity index (χ3n) is 3.59. The maximum absolute atomic E-state index is 12.7. The fourth-order valence-corrected chi connectivity index (χ4v) is 3.93. The highest BCUT2D eigenvalue weighted by Crippen LogP contribution is 2.29. The van der Waals surface area contributed by atoms with Gasteiger partial charge in [0.2, 0.25) is 0 Å². The lowest BCUT2D eigenvalue weighted by Crippen LogP contribution is -2.34. The lowest BCUT2D eigenvalue weighted by Gasteiger charge is -2.18. The SMILES string of the molecule is COc1cc(C(=O)N(C)Cc2ccc(Br)s2)ccc1OCC(=O)NC(C)C. The van der Waals surface area contributed by atoms with Crippen LogP contribution in [0.4, 0.5) is 0 Å². The van der Waals surface area contributed by atoms with Crippen LogP contribution < -0.4 is 14.8 Å². The monoisotopic (exact) mass is 454 g/mol. The van der Waals surface area contributed by atoms with Gasteiger partial charge in [-0.15, -0.1) is 11.3 Å². The van der Waals surface area contributed by atoms with E-state index in [9.17, 15) is 9.59 Å². The van der Waals surface area contributed by atoms with Crippen molar-refractivity contribution in [2.24, 2.45) is 0 Å². The van der Waals surface area contributed by atoms with Crippen LogP contribution >= 0.6 is 27.3 Å². The van der Waals surface area contributed by atoms with Crippen molar-refractivity contribution in [3.63, 3.8) is 0 Å². The molecule has 0 fully saturated rings. The first-order valence-corrected chi connectivity index (χ1v) is 10.0. The summed E-state index contributed by atoms with van der Waals surface area (Å²) in [5.74, 6) is 0.485. The summed E-state index contributed by atoms with van der Waals surface area (Å²) >= 11 is 5.02. The highest BCUT2D eigenvalue weighted by atomic mass is 79.9. The minimum atomic E-state index is -0.214. The van der Waals surface area contributed by atoms with Crippen LogP contribution in [-0.2, 0) is 11.3 Å². The van der Waals surface area contributed by atoms with E-state index in [-0.39, 0.29) is 24.5 Å². The van der Waals surface area contributed by atoms with Gasteiger partial charge in [-0.1, -0.05) is 0 Å². The zero-order valence-corrected chi connectivity index (χ0v) is 18.1. The topological polar surface area (TPSA) is 67.9 Å². The summed E-state index contributed by atoms with van der Waals surface area (Å²) in [7, 11) is 3.25. The molecule has 2 rings (SSSR count). The largest absolute Gasteiger partial charge is 0.493 e. The van der Waals surface area contributed by atoms with E-state index in [0.29, 0.717) is 23.6 Å². The smallest absolute Gasteiger partial charge is 0.258 e. The normalized spacial score (nSPS) is 10.6. The molecule has 0 radical (unpaired) electrons. The minimum Gasteiger partial charge on any atom is -0.493 e. The van der Waals surface area contributed by atoms with Crippen LogP contribution in [0.15, 0.2) is 34.1 Å². The number of halogens is 1. The van der Waals surface area contributed by atoms with Gasteiger partial charge in [0.05, 0.1) is 17.4 Å². The number of amides is 2. The molecule has 1 N–H and O–H groups in total. The van der Waals surface area contributed by atoms with E-state index in [1.54, 1.807) is 41.5 Å². The van der Waals surface area contributed by atoms with Crippen LogP contribution in [-0.4, -0.2) is 43.5 Å². The molecule has 146 valence electrons. The molecule has 0 aliphatic heterocycles. The molecule has 1 heterocycles. The summed E-state index contributed by atoms with van der Waals surface area (Å²) in [6.45, 7) is 4.16. The molecule has 0 spiro atoms. The number of carbonyl (C=O) groups excluding carboxylic acids is 2. The summed E-state index contributed by atoms with van der Waals surface area (Å²) in [6.07, 6.45) is 0. The molecule has 8 heteroatoms. The number of nitrogens with zero attached hydrogens (tertiary/aromatic N) is 1. The van der Waals surface area contributed by atoms with Crippen LogP contribution in [0, 0.1) is 0 Å². The number of carbonyl (C=O) groups is 2. The molecule has 1 aromatic heterocycles. The predicted molar refractivity (Wildman–Crippen MR) is 110 cm³/mol. The summed E-state index contributed by atoms with van der Waals surface area (Å²) in [6, 6.07) is 8.92. The average Bonchev–Trinajstić information content (AvgIpc) is 3.03. The fraction of sp³-hybridized carbons (Fsp3) is 0.368. The highest BCUT2D eigenvalue weighted by molar-refractivity contribution is 9.11. The quantitative estimate of drug-likeness (QED) is 0.660. The van der Waals surface area contributed by atoms with Crippen LogP contribution in [0.1, 0.15) is 29.1 Å². The molecule has 2 aromatic rings. The Bertz CT molecular complexity index is 807. The summed E-state index contributed by atoms with van der Waals surface area (Å²) < 4.78 is 11.9. The molecule has 6 nitrogen and oxygen atoms in total. The van der Waals surface area contributed by atoms with Gasteiger partial charge in [-0.25, -0.2) is 0 Å². The zero-order valence-electron chi connectivity index (χ0n) is 15.7. The number of rotatable bonds is 8. The molecule has 27 heavy (non-hydrogen) atoms. The fourth-order valence-electron chi connectivity index (χ4n) is 2.39. The molecule has 0 unspecified atom stereocenters. The number of ether oxygens (including phenoxy) is 2. The second-order valence-corrected chi connectivity index (χ2v) is 8.79. The Morgan fingerprint density at radius 1 is 1.22 bits per heavy atom. The Morgan fingerprint density at radius 2 is 1.96 bits per heavy atom. The highest BCUT2D eigenvalue weighted by Gasteiger charge is 2.16. The van der Waals surface area contributed by atoms with Crippen LogP contribution in [0.25, 0.3) is 0 Å². The van der Waals surface area contributed by atoms with Crippen molar-refractivity contribution in [1.29, 1.82) is 0 Å². The van der Waals surface area contributed by atoms with Gasteiger partial charge in [-0.2, -0.15) is 0 Å². The molecule has 1 aromatic carbocycles. The predicted octanol–water partition coefficient (Wildman–Crippen LogP) is 3.69. The van der Waals surface area contributed by atoms with Gasteiger partial charge < -0.3 is 19.7 Å². The third kappa shape index (κ3) is 6.25. The van der Waals surface area contributed by atoms with Gasteiger partial charge >= 0.3 is 0 Å². The molecule has 0 aliphatic rings. The summed E-state index contributed by atoms with van der Waals surface area (Å²) in [5.41, 5.74) is 0.490. The van der Waals surface area contributed by atoms with Crippen LogP contribution in [0.5, 0.6) is 11.5 Å². The van der Waals surface area contributed by atoms with Crippen molar-refractivity contribution in [2.75, 3.05) is 20.8 Å². The molecule has 0 aliphatic carbocycles.